The second-order valence-corrected chi connectivity index (χ2v) is 15.3. The van der Waals surface area contributed by atoms with Crippen molar-refractivity contribution < 1.29 is 25.7 Å². The first kappa shape index (κ1) is 29.7. The van der Waals surface area contributed by atoms with Crippen LogP contribution in [0.5, 0.6) is 0 Å². The minimum absolute atomic E-state index is 0. The SMILES string of the molecule is C[Si](C)(C)c1cccc(CS(=O)(=O)[N-]C(c2ccccc2)C([NH-])c2ccccc2)c1.[CH3-].[Cl][Ru+3]. The van der Waals surface area contributed by atoms with Gasteiger partial charge < -0.3 is 17.9 Å². The summed E-state index contributed by atoms with van der Waals surface area (Å²) in [6, 6.07) is 24.7. The topological polar surface area (TPSA) is 72.0 Å². The Hall–Kier alpha value is -1.34. The molecule has 2 atom stereocenters. The molecule has 8 heteroatoms. The number of nitrogens with zero attached hydrogens (tertiary/aromatic N) is 1. The third-order valence-corrected chi connectivity index (χ3v) is 8.32. The molecule has 0 aliphatic carbocycles. The van der Waals surface area contributed by atoms with Gasteiger partial charge in [0.1, 0.15) is 0 Å². The van der Waals surface area contributed by atoms with Gasteiger partial charge in [-0.1, -0.05) is 121 Å². The minimum atomic E-state index is -3.78. The Balaban J connectivity index is 0.00000177. The van der Waals surface area contributed by atoms with Crippen LogP contribution in [0.1, 0.15) is 28.8 Å². The molecule has 3 aromatic rings. The molecule has 178 valence electrons. The Kier molecular flexibility index (Phi) is 12.2. The number of hydrogen-bond acceptors (Lipinski definition) is 2. The van der Waals surface area contributed by atoms with Crippen molar-refractivity contribution in [2.45, 2.75) is 37.5 Å². The molecule has 0 aliphatic rings. The molecule has 1 N–H and O–H groups in total. The number of sulfonamides is 1. The van der Waals surface area contributed by atoms with Crippen LogP contribution in [0.4, 0.5) is 0 Å². The van der Waals surface area contributed by atoms with E-state index < -0.39 is 30.2 Å². The number of halogens is 1. The molecule has 0 aromatic heterocycles. The van der Waals surface area contributed by atoms with E-state index in [0.717, 1.165) is 16.7 Å². The summed E-state index contributed by atoms with van der Waals surface area (Å²) in [5, 5.41) is 1.22. The summed E-state index contributed by atoms with van der Waals surface area (Å²) in [6.07, 6.45) is 0. The van der Waals surface area contributed by atoms with Crippen molar-refractivity contribution in [3.05, 3.63) is 120 Å². The quantitative estimate of drug-likeness (QED) is 0.208. The zero-order valence-corrected chi connectivity index (χ0v) is 23.7. The first-order valence-corrected chi connectivity index (χ1v) is 17.5. The van der Waals surface area contributed by atoms with Gasteiger partial charge >= 0.3 is 27.0 Å². The molecular formula is C25H31ClN2O2RuSSi. The molecule has 3 rings (SSSR count). The van der Waals surface area contributed by atoms with E-state index in [-0.39, 0.29) is 13.2 Å². The van der Waals surface area contributed by atoms with Gasteiger partial charge in [-0.3, -0.25) is 0 Å². The van der Waals surface area contributed by atoms with E-state index in [9.17, 15) is 8.42 Å². The number of benzene rings is 3. The Labute approximate surface area is 214 Å². The van der Waals surface area contributed by atoms with Crippen molar-refractivity contribution in [2.24, 2.45) is 0 Å². The Morgan fingerprint density at radius 2 is 1.39 bits per heavy atom. The fourth-order valence-corrected chi connectivity index (χ4v) is 5.84. The molecule has 0 saturated carbocycles. The van der Waals surface area contributed by atoms with Crippen LogP contribution in [0, 0.1) is 7.43 Å². The molecule has 3 aromatic carbocycles. The van der Waals surface area contributed by atoms with E-state index >= 15 is 0 Å². The second-order valence-electron chi connectivity index (χ2n) is 8.53. The predicted molar refractivity (Wildman–Crippen MR) is 140 cm³/mol. The Morgan fingerprint density at radius 3 is 1.91 bits per heavy atom. The summed E-state index contributed by atoms with van der Waals surface area (Å²) in [5.74, 6) is -0.157. The summed E-state index contributed by atoms with van der Waals surface area (Å²) in [7, 11) is -0.750. The fourth-order valence-electron chi connectivity index (χ4n) is 3.36. The van der Waals surface area contributed by atoms with E-state index in [1.807, 2.05) is 96.2 Å². The molecule has 0 aliphatic heterocycles. The zero-order chi connectivity index (χ0) is 23.8. The van der Waals surface area contributed by atoms with Gasteiger partial charge in [-0.05, 0) is 5.56 Å². The molecule has 4 nitrogen and oxygen atoms in total. The molecule has 0 saturated heterocycles. The van der Waals surface area contributed by atoms with Crippen molar-refractivity contribution in [3.8, 4) is 0 Å². The van der Waals surface area contributed by atoms with E-state index in [2.05, 4.69) is 40.1 Å². The van der Waals surface area contributed by atoms with Gasteiger partial charge in [0.25, 0.3) is 0 Å². The van der Waals surface area contributed by atoms with Gasteiger partial charge in [-0.2, -0.15) is 0 Å². The van der Waals surface area contributed by atoms with Gasteiger partial charge in [-0.25, -0.2) is 8.42 Å². The van der Waals surface area contributed by atoms with Crippen LogP contribution in [-0.2, 0) is 33.1 Å². The number of rotatable bonds is 8. The van der Waals surface area contributed by atoms with Crippen LogP contribution in [0.15, 0.2) is 84.9 Å². The van der Waals surface area contributed by atoms with Gasteiger partial charge in [-0.15, -0.1) is 12.1 Å². The summed E-state index contributed by atoms with van der Waals surface area (Å²) in [6.45, 7) is 6.71. The molecule has 0 heterocycles. The van der Waals surface area contributed by atoms with E-state index in [1.165, 1.54) is 5.19 Å². The van der Waals surface area contributed by atoms with Gasteiger partial charge in [0.15, 0.2) is 0 Å². The molecule has 0 fully saturated rings. The predicted octanol–water partition coefficient (Wildman–Crippen LogP) is 7.11. The van der Waals surface area contributed by atoms with Crippen LogP contribution in [0.25, 0.3) is 10.5 Å². The maximum atomic E-state index is 13.0. The summed E-state index contributed by atoms with van der Waals surface area (Å²) >= 11 is 1.82. The average Bonchev–Trinajstić information content (AvgIpc) is 2.79. The van der Waals surface area contributed by atoms with Crippen molar-refractivity contribution in [1.82, 2.24) is 0 Å². The molecule has 0 bridgehead atoms. The van der Waals surface area contributed by atoms with Crippen molar-refractivity contribution in [1.29, 1.82) is 0 Å². The van der Waals surface area contributed by atoms with E-state index in [1.54, 1.807) is 0 Å². The van der Waals surface area contributed by atoms with E-state index in [4.69, 9.17) is 5.73 Å². The molecular weight excluding hydrogens is 557 g/mol. The van der Waals surface area contributed by atoms with Crippen LogP contribution < -0.4 is 5.19 Å². The van der Waals surface area contributed by atoms with Gasteiger partial charge in [0.05, 0.1) is 23.9 Å². The first-order valence-electron chi connectivity index (χ1n) is 10.1. The van der Waals surface area contributed by atoms with Crippen molar-refractivity contribution in [3.63, 3.8) is 0 Å². The normalized spacial score (nSPS) is 13.1. The standard InChI is InChI=1S/C24H28N2O2SSi.CH3.ClH.Ru/c1-30(2,3)22-16-10-11-19(17-22)18-29(27,28)26-24(21-14-8-5-9-15-21)23(25)20-12-6-4-7-13-20;;;/h4-17,23-25H,18H2,1-3H3;1H3;1H;/q-2;-1;;+4/p-1. The van der Waals surface area contributed by atoms with Gasteiger partial charge in [0.2, 0.25) is 0 Å². The second kappa shape index (κ2) is 13.5. The fraction of sp³-hybridized carbons (Fsp3) is 0.240. The Bertz CT molecular complexity index is 1080. The maximum absolute atomic E-state index is 13.0. The summed E-state index contributed by atoms with van der Waals surface area (Å²) < 4.78 is 30.3. The molecule has 0 spiro atoms. The Morgan fingerprint density at radius 1 is 0.879 bits per heavy atom. The van der Waals surface area contributed by atoms with Crippen LogP contribution in [0.3, 0.4) is 0 Å². The van der Waals surface area contributed by atoms with E-state index in [0.29, 0.717) is 0 Å². The third-order valence-electron chi connectivity index (χ3n) is 5.03. The number of nitrogens with one attached hydrogen (secondary N) is 1. The average molecular weight is 588 g/mol. The van der Waals surface area contributed by atoms with Crippen molar-refractivity contribution >= 4 is 33.0 Å². The summed E-state index contributed by atoms with van der Waals surface area (Å²) in [5.41, 5.74) is 10.9. The van der Waals surface area contributed by atoms with Crippen LogP contribution >= 0.6 is 9.69 Å². The first-order chi connectivity index (χ1) is 15.2. The molecule has 0 amide bonds. The summed E-state index contributed by atoms with van der Waals surface area (Å²) in [4.78, 5) is 0. The number of hydrogen-bond donors (Lipinski definition) is 0. The van der Waals surface area contributed by atoms with Crippen LogP contribution in [-0.4, -0.2) is 16.5 Å². The van der Waals surface area contributed by atoms with Gasteiger partial charge in [0, 0.05) is 0 Å². The molecule has 2 unspecified atom stereocenters. The van der Waals surface area contributed by atoms with Crippen molar-refractivity contribution in [2.75, 3.05) is 0 Å². The monoisotopic (exact) mass is 588 g/mol. The zero-order valence-electron chi connectivity index (χ0n) is 19.3. The molecule has 0 radical (unpaired) electrons. The van der Waals surface area contributed by atoms with Crippen LogP contribution in [0.2, 0.25) is 19.6 Å². The third kappa shape index (κ3) is 9.08. The molecule has 33 heavy (non-hydrogen) atoms.